The summed E-state index contributed by atoms with van der Waals surface area (Å²) in [5, 5.41) is 0. The highest BCUT2D eigenvalue weighted by molar-refractivity contribution is 9.10. The molecule has 0 bridgehead atoms. The molecule has 0 aliphatic rings. The van der Waals surface area contributed by atoms with Crippen LogP contribution in [0.15, 0.2) is 53.0 Å². The van der Waals surface area contributed by atoms with E-state index in [1.165, 1.54) is 11.1 Å². The molecule has 1 unspecified atom stereocenters. The maximum atomic E-state index is 6.15. The molecule has 1 nitrogen and oxygen atoms in total. The van der Waals surface area contributed by atoms with Crippen LogP contribution >= 0.6 is 27.5 Å². The van der Waals surface area contributed by atoms with Crippen molar-refractivity contribution in [2.24, 2.45) is 5.92 Å². The maximum Gasteiger partial charge on any atom is 0.119 e. The lowest BCUT2D eigenvalue weighted by Gasteiger charge is -2.16. The average molecular weight is 354 g/mol. The summed E-state index contributed by atoms with van der Waals surface area (Å²) in [5.41, 5.74) is 2.57. The third-order valence-corrected chi connectivity index (χ3v) is 4.56. The first-order chi connectivity index (χ1) is 9.72. The number of hydrogen-bond donors (Lipinski definition) is 0. The van der Waals surface area contributed by atoms with E-state index in [1.807, 2.05) is 18.2 Å². The summed E-state index contributed by atoms with van der Waals surface area (Å²) >= 11 is 9.75. The molecule has 0 amide bonds. The molecule has 0 heterocycles. The molecule has 0 spiro atoms. The zero-order chi connectivity index (χ0) is 14.4. The topological polar surface area (TPSA) is 9.23 Å². The fourth-order valence-corrected chi connectivity index (χ4v) is 2.90. The highest BCUT2D eigenvalue weighted by Crippen LogP contribution is 2.26. The normalized spacial score (nSPS) is 12.2. The monoisotopic (exact) mass is 352 g/mol. The van der Waals surface area contributed by atoms with Crippen LogP contribution in [-0.2, 0) is 12.8 Å². The highest BCUT2D eigenvalue weighted by Gasteiger charge is 2.12. The van der Waals surface area contributed by atoms with Crippen LogP contribution in [0.2, 0.25) is 0 Å². The van der Waals surface area contributed by atoms with Gasteiger partial charge in [-0.25, -0.2) is 0 Å². The Bertz CT molecular complexity index is 542. The molecule has 106 valence electrons. The molecular formula is C17H18BrClO. The number of hydrogen-bond acceptors (Lipinski definition) is 1. The minimum atomic E-state index is 0.419. The summed E-state index contributed by atoms with van der Waals surface area (Å²) in [6.07, 6.45) is 1.93. The summed E-state index contributed by atoms with van der Waals surface area (Å²) < 4.78 is 6.40. The van der Waals surface area contributed by atoms with Crippen molar-refractivity contribution < 1.29 is 4.74 Å². The average Bonchev–Trinajstić information content (AvgIpc) is 2.49. The molecule has 0 aliphatic carbocycles. The summed E-state index contributed by atoms with van der Waals surface area (Å²) in [4.78, 5) is 0. The van der Waals surface area contributed by atoms with E-state index in [4.69, 9.17) is 16.3 Å². The van der Waals surface area contributed by atoms with Crippen LogP contribution < -0.4 is 4.74 Å². The fraction of sp³-hybridized carbons (Fsp3) is 0.294. The Morgan fingerprint density at radius 2 is 1.85 bits per heavy atom. The number of ether oxygens (including phenoxy) is 1. The Hall–Kier alpha value is -0.990. The van der Waals surface area contributed by atoms with Gasteiger partial charge in [0.2, 0.25) is 0 Å². The molecule has 0 saturated carbocycles. The number of benzene rings is 2. The van der Waals surface area contributed by atoms with Crippen molar-refractivity contribution >= 4 is 27.5 Å². The third-order valence-electron chi connectivity index (χ3n) is 3.35. The van der Waals surface area contributed by atoms with Gasteiger partial charge in [-0.05, 0) is 48.1 Å². The van der Waals surface area contributed by atoms with Crippen molar-refractivity contribution in [3.8, 4) is 5.75 Å². The van der Waals surface area contributed by atoms with Crippen molar-refractivity contribution in [3.05, 3.63) is 64.1 Å². The Morgan fingerprint density at radius 1 is 1.10 bits per heavy atom. The molecule has 20 heavy (non-hydrogen) atoms. The molecular weight excluding hydrogens is 336 g/mol. The van der Waals surface area contributed by atoms with Gasteiger partial charge < -0.3 is 4.74 Å². The van der Waals surface area contributed by atoms with Crippen LogP contribution in [0.25, 0.3) is 0 Å². The van der Waals surface area contributed by atoms with Crippen LogP contribution in [0.1, 0.15) is 11.1 Å². The first-order valence-electron chi connectivity index (χ1n) is 6.65. The molecule has 0 aromatic heterocycles. The molecule has 0 N–H and O–H groups in total. The van der Waals surface area contributed by atoms with Crippen LogP contribution in [0.3, 0.4) is 0 Å². The van der Waals surface area contributed by atoms with E-state index in [9.17, 15) is 0 Å². The number of halogens is 2. The number of methoxy groups -OCH3 is 1. The largest absolute Gasteiger partial charge is 0.497 e. The smallest absolute Gasteiger partial charge is 0.119 e. The lowest BCUT2D eigenvalue weighted by molar-refractivity contribution is 0.413. The summed E-state index contributed by atoms with van der Waals surface area (Å²) in [6.45, 7) is 0. The van der Waals surface area contributed by atoms with Gasteiger partial charge in [0.25, 0.3) is 0 Å². The van der Waals surface area contributed by atoms with E-state index in [0.29, 0.717) is 11.8 Å². The Kier molecular flexibility index (Phi) is 5.93. The van der Waals surface area contributed by atoms with Crippen molar-refractivity contribution in [3.63, 3.8) is 0 Å². The van der Waals surface area contributed by atoms with Gasteiger partial charge in [0.15, 0.2) is 0 Å². The van der Waals surface area contributed by atoms with E-state index in [-0.39, 0.29) is 0 Å². The summed E-state index contributed by atoms with van der Waals surface area (Å²) in [5.74, 6) is 1.96. The van der Waals surface area contributed by atoms with E-state index < -0.39 is 0 Å². The van der Waals surface area contributed by atoms with Gasteiger partial charge in [-0.2, -0.15) is 0 Å². The minimum absolute atomic E-state index is 0.419. The second-order valence-corrected chi connectivity index (χ2v) is 6.03. The van der Waals surface area contributed by atoms with Crippen molar-refractivity contribution in [2.75, 3.05) is 13.0 Å². The van der Waals surface area contributed by atoms with Gasteiger partial charge in [0.05, 0.1) is 7.11 Å². The van der Waals surface area contributed by atoms with Crippen molar-refractivity contribution in [2.45, 2.75) is 12.8 Å². The maximum absolute atomic E-state index is 6.15. The molecule has 2 aromatic carbocycles. The fourth-order valence-electron chi connectivity index (χ4n) is 2.27. The number of rotatable bonds is 6. The van der Waals surface area contributed by atoms with E-state index in [2.05, 4.69) is 46.3 Å². The molecule has 2 rings (SSSR count). The zero-order valence-electron chi connectivity index (χ0n) is 11.5. The molecule has 0 saturated heterocycles. The molecule has 3 heteroatoms. The second-order valence-electron chi connectivity index (χ2n) is 4.87. The SMILES string of the molecule is COc1ccc(Br)c(CC(CCl)Cc2ccccc2)c1. The van der Waals surface area contributed by atoms with Gasteiger partial charge >= 0.3 is 0 Å². The van der Waals surface area contributed by atoms with E-state index in [0.717, 1.165) is 23.1 Å². The Balaban J connectivity index is 2.10. The van der Waals surface area contributed by atoms with Crippen molar-refractivity contribution in [1.29, 1.82) is 0 Å². The second kappa shape index (κ2) is 7.70. The standard InChI is InChI=1S/C17H18BrClO/c1-20-16-7-8-17(18)15(11-16)10-14(12-19)9-13-5-3-2-4-6-13/h2-8,11,14H,9-10,12H2,1H3. The van der Waals surface area contributed by atoms with E-state index in [1.54, 1.807) is 7.11 Å². The summed E-state index contributed by atoms with van der Waals surface area (Å²) in [7, 11) is 1.69. The van der Waals surface area contributed by atoms with E-state index >= 15 is 0 Å². The first-order valence-corrected chi connectivity index (χ1v) is 7.98. The number of alkyl halides is 1. The molecule has 0 radical (unpaired) electrons. The molecule has 0 fully saturated rings. The summed E-state index contributed by atoms with van der Waals surface area (Å²) in [6, 6.07) is 16.6. The van der Waals surface area contributed by atoms with Crippen LogP contribution in [0.5, 0.6) is 5.75 Å². The minimum Gasteiger partial charge on any atom is -0.497 e. The van der Waals surface area contributed by atoms with Crippen LogP contribution in [0, 0.1) is 5.92 Å². The third kappa shape index (κ3) is 4.26. The lowest BCUT2D eigenvalue weighted by atomic mass is 9.94. The molecule has 2 aromatic rings. The van der Waals surface area contributed by atoms with Gasteiger partial charge in [0.1, 0.15) is 5.75 Å². The Morgan fingerprint density at radius 3 is 2.50 bits per heavy atom. The van der Waals surface area contributed by atoms with Gasteiger partial charge in [-0.1, -0.05) is 46.3 Å². The first kappa shape index (κ1) is 15.4. The van der Waals surface area contributed by atoms with Gasteiger partial charge in [0, 0.05) is 10.4 Å². The lowest BCUT2D eigenvalue weighted by Crippen LogP contribution is -2.10. The van der Waals surface area contributed by atoms with Crippen LogP contribution in [-0.4, -0.2) is 13.0 Å². The predicted molar refractivity (Wildman–Crippen MR) is 88.8 cm³/mol. The van der Waals surface area contributed by atoms with Crippen LogP contribution in [0.4, 0.5) is 0 Å². The molecule has 1 atom stereocenters. The predicted octanol–water partition coefficient (Wildman–Crippen LogP) is 5.10. The van der Waals surface area contributed by atoms with Gasteiger partial charge in [-0.3, -0.25) is 0 Å². The Labute approximate surface area is 134 Å². The van der Waals surface area contributed by atoms with Crippen molar-refractivity contribution in [1.82, 2.24) is 0 Å². The highest BCUT2D eigenvalue weighted by atomic mass is 79.9. The molecule has 0 aliphatic heterocycles. The van der Waals surface area contributed by atoms with Gasteiger partial charge in [-0.15, -0.1) is 11.6 Å². The zero-order valence-corrected chi connectivity index (χ0v) is 13.8. The quantitative estimate of drug-likeness (QED) is 0.657.